The summed E-state index contributed by atoms with van der Waals surface area (Å²) in [6.07, 6.45) is 1.90. The van der Waals surface area contributed by atoms with Crippen molar-refractivity contribution >= 4 is 23.2 Å². The number of carboxylic acid groups (broad SMARTS) is 1. The maximum Gasteiger partial charge on any atom is 0.305 e. The highest BCUT2D eigenvalue weighted by atomic mass is 32.1. The fourth-order valence-electron chi connectivity index (χ4n) is 3.00. The second-order valence-electron chi connectivity index (χ2n) is 6.42. The molecule has 6 nitrogen and oxygen atoms in total. The molecule has 1 N–H and O–H groups in total. The normalized spacial score (nSPS) is 16.4. The Kier molecular flexibility index (Phi) is 6.52. The van der Waals surface area contributed by atoms with Gasteiger partial charge in [-0.05, 0) is 24.5 Å². The number of hydrogen-bond acceptors (Lipinski definition) is 5. The van der Waals surface area contributed by atoms with Crippen LogP contribution < -0.4 is 0 Å². The van der Waals surface area contributed by atoms with Crippen LogP contribution in [0.25, 0.3) is 0 Å². The van der Waals surface area contributed by atoms with Gasteiger partial charge in [0.2, 0.25) is 0 Å². The van der Waals surface area contributed by atoms with E-state index in [0.29, 0.717) is 30.1 Å². The third kappa shape index (κ3) is 5.33. The molecule has 27 heavy (non-hydrogen) atoms. The van der Waals surface area contributed by atoms with E-state index >= 15 is 0 Å². The number of benzene rings is 1. The van der Waals surface area contributed by atoms with E-state index in [1.165, 1.54) is 22.3 Å². The third-order valence-corrected chi connectivity index (χ3v) is 5.25. The van der Waals surface area contributed by atoms with E-state index in [9.17, 15) is 14.0 Å². The van der Waals surface area contributed by atoms with Gasteiger partial charge in [-0.1, -0.05) is 18.2 Å². The minimum atomic E-state index is -0.960. The number of carbonyl (C=O) groups excluding carboxylic acids is 1. The summed E-state index contributed by atoms with van der Waals surface area (Å²) in [6, 6.07) is 6.47. The van der Waals surface area contributed by atoms with Gasteiger partial charge >= 0.3 is 5.97 Å². The molecule has 1 aliphatic rings. The predicted molar refractivity (Wildman–Crippen MR) is 98.5 cm³/mol. The molecule has 1 aromatic carbocycles. The number of thiazole rings is 1. The highest BCUT2D eigenvalue weighted by Gasteiger charge is 2.25. The summed E-state index contributed by atoms with van der Waals surface area (Å²) in [5.41, 5.74) is 0.780. The van der Waals surface area contributed by atoms with Crippen molar-refractivity contribution in [1.82, 2.24) is 9.88 Å². The number of halogens is 1. The number of amides is 1. The van der Waals surface area contributed by atoms with E-state index in [-0.39, 0.29) is 36.5 Å². The minimum absolute atomic E-state index is 0.0701. The average Bonchev–Trinajstić information content (AvgIpc) is 3.32. The molecule has 2 heterocycles. The Labute approximate surface area is 160 Å². The smallest absolute Gasteiger partial charge is 0.305 e. The largest absolute Gasteiger partial charge is 0.481 e. The first-order valence-electron chi connectivity index (χ1n) is 8.83. The van der Waals surface area contributed by atoms with Crippen molar-refractivity contribution in [2.24, 2.45) is 0 Å². The van der Waals surface area contributed by atoms with E-state index < -0.39 is 5.97 Å². The zero-order valence-corrected chi connectivity index (χ0v) is 15.6. The van der Waals surface area contributed by atoms with Crippen LogP contribution in [0.15, 0.2) is 29.6 Å². The maximum absolute atomic E-state index is 13.8. The van der Waals surface area contributed by atoms with Gasteiger partial charge in [0.05, 0.1) is 17.5 Å². The zero-order valence-electron chi connectivity index (χ0n) is 14.8. The second kappa shape index (κ2) is 9.05. The number of aliphatic carboxylic acids is 1. The molecule has 2 aromatic rings. The molecule has 8 heteroatoms. The first kappa shape index (κ1) is 19.4. The Morgan fingerprint density at radius 1 is 1.37 bits per heavy atom. The van der Waals surface area contributed by atoms with Gasteiger partial charge in [-0.25, -0.2) is 9.37 Å². The van der Waals surface area contributed by atoms with Crippen LogP contribution in [-0.4, -0.2) is 52.7 Å². The Morgan fingerprint density at radius 3 is 2.89 bits per heavy atom. The summed E-state index contributed by atoms with van der Waals surface area (Å²) < 4.78 is 19.4. The molecular formula is C19H21FN2O4S. The summed E-state index contributed by atoms with van der Waals surface area (Å²) in [6.45, 7) is 1.12. The highest BCUT2D eigenvalue weighted by molar-refractivity contribution is 7.09. The van der Waals surface area contributed by atoms with E-state index in [4.69, 9.17) is 9.84 Å². The van der Waals surface area contributed by atoms with Gasteiger partial charge < -0.3 is 14.7 Å². The number of rotatable bonds is 8. The van der Waals surface area contributed by atoms with E-state index in [1.54, 1.807) is 23.6 Å². The molecule has 1 aromatic heterocycles. The number of hydrogen-bond donors (Lipinski definition) is 1. The maximum atomic E-state index is 13.8. The average molecular weight is 392 g/mol. The Balaban J connectivity index is 1.70. The molecule has 0 spiro atoms. The summed E-state index contributed by atoms with van der Waals surface area (Å²) >= 11 is 1.29. The summed E-state index contributed by atoms with van der Waals surface area (Å²) in [4.78, 5) is 29.6. The van der Waals surface area contributed by atoms with Crippen LogP contribution in [0, 0.1) is 5.82 Å². The first-order chi connectivity index (χ1) is 13.0. The fourth-order valence-corrected chi connectivity index (χ4v) is 3.79. The van der Waals surface area contributed by atoms with Gasteiger partial charge in [0.25, 0.3) is 5.91 Å². The Bertz CT molecular complexity index is 805. The van der Waals surface area contributed by atoms with Crippen molar-refractivity contribution in [2.45, 2.75) is 31.8 Å². The molecule has 1 fully saturated rings. The van der Waals surface area contributed by atoms with Crippen molar-refractivity contribution in [3.05, 3.63) is 51.7 Å². The lowest BCUT2D eigenvalue weighted by Gasteiger charge is -2.24. The van der Waals surface area contributed by atoms with Crippen molar-refractivity contribution in [1.29, 1.82) is 0 Å². The van der Waals surface area contributed by atoms with Gasteiger partial charge in [0.15, 0.2) is 0 Å². The lowest BCUT2D eigenvalue weighted by molar-refractivity contribution is -0.137. The molecule has 0 bridgehead atoms. The molecule has 144 valence electrons. The standard InChI is InChI=1S/C19H21FN2O4S/c20-15-6-2-1-4-13(15)10-17-21-16(12-27-17)19(25)22(8-7-18(23)24)11-14-5-3-9-26-14/h1-2,4,6,12,14H,3,5,7-11H2,(H,23,24). The molecule has 3 rings (SSSR count). The van der Waals surface area contributed by atoms with Gasteiger partial charge in [0.1, 0.15) is 11.5 Å². The SMILES string of the molecule is O=C(O)CCN(CC1CCCO1)C(=O)c1csc(Cc2ccccc2F)n1. The summed E-state index contributed by atoms with van der Waals surface area (Å²) in [7, 11) is 0. The fraction of sp³-hybridized carbons (Fsp3) is 0.421. The minimum Gasteiger partial charge on any atom is -0.481 e. The van der Waals surface area contributed by atoms with E-state index in [2.05, 4.69) is 4.98 Å². The van der Waals surface area contributed by atoms with Crippen LogP contribution in [0.5, 0.6) is 0 Å². The van der Waals surface area contributed by atoms with Gasteiger partial charge in [-0.3, -0.25) is 9.59 Å². The zero-order chi connectivity index (χ0) is 19.2. The van der Waals surface area contributed by atoms with Crippen LogP contribution in [0.2, 0.25) is 0 Å². The van der Waals surface area contributed by atoms with Gasteiger partial charge in [0, 0.05) is 31.5 Å². The van der Waals surface area contributed by atoms with Crippen LogP contribution in [0.3, 0.4) is 0 Å². The molecule has 1 amide bonds. The molecule has 1 atom stereocenters. The molecule has 1 unspecified atom stereocenters. The van der Waals surface area contributed by atoms with Gasteiger partial charge in [-0.15, -0.1) is 11.3 Å². The topological polar surface area (TPSA) is 79.7 Å². The second-order valence-corrected chi connectivity index (χ2v) is 7.37. The summed E-state index contributed by atoms with van der Waals surface area (Å²) in [5, 5.41) is 11.2. The van der Waals surface area contributed by atoms with Gasteiger partial charge in [-0.2, -0.15) is 0 Å². The quantitative estimate of drug-likeness (QED) is 0.747. The predicted octanol–water partition coefficient (Wildman–Crippen LogP) is 2.97. The number of nitrogens with zero attached hydrogens (tertiary/aromatic N) is 2. The van der Waals surface area contributed by atoms with Crippen molar-refractivity contribution in [3.63, 3.8) is 0 Å². The van der Waals surface area contributed by atoms with Crippen molar-refractivity contribution < 1.29 is 23.8 Å². The van der Waals surface area contributed by atoms with Crippen LogP contribution >= 0.6 is 11.3 Å². The number of aromatic nitrogens is 1. The van der Waals surface area contributed by atoms with Crippen LogP contribution in [0.1, 0.15) is 40.3 Å². The lowest BCUT2D eigenvalue weighted by Crippen LogP contribution is -2.39. The van der Waals surface area contributed by atoms with Crippen molar-refractivity contribution in [3.8, 4) is 0 Å². The lowest BCUT2D eigenvalue weighted by atomic mass is 10.1. The number of carboxylic acids is 1. The molecule has 0 radical (unpaired) electrons. The van der Waals surface area contributed by atoms with Crippen LogP contribution in [0.4, 0.5) is 4.39 Å². The number of carbonyl (C=O) groups is 2. The molecule has 0 saturated carbocycles. The van der Waals surface area contributed by atoms with E-state index in [1.807, 2.05) is 0 Å². The van der Waals surface area contributed by atoms with Crippen molar-refractivity contribution in [2.75, 3.05) is 19.7 Å². The molecular weight excluding hydrogens is 371 g/mol. The molecule has 1 saturated heterocycles. The van der Waals surface area contributed by atoms with E-state index in [0.717, 1.165) is 12.8 Å². The Hall–Kier alpha value is -2.32. The number of ether oxygens (including phenoxy) is 1. The Morgan fingerprint density at radius 2 is 2.19 bits per heavy atom. The first-order valence-corrected chi connectivity index (χ1v) is 9.71. The highest BCUT2D eigenvalue weighted by Crippen LogP contribution is 2.19. The molecule has 0 aliphatic carbocycles. The van der Waals surface area contributed by atoms with Crippen LogP contribution in [-0.2, 0) is 16.0 Å². The third-order valence-electron chi connectivity index (χ3n) is 4.40. The monoisotopic (exact) mass is 392 g/mol. The molecule has 1 aliphatic heterocycles. The summed E-state index contributed by atoms with van der Waals surface area (Å²) in [5.74, 6) is -1.58.